The van der Waals surface area contributed by atoms with E-state index in [0.29, 0.717) is 0 Å². The Morgan fingerprint density at radius 2 is 0.800 bits per heavy atom. The van der Waals surface area contributed by atoms with Crippen LogP contribution in [-0.4, -0.2) is 4.57 Å². The Kier molecular flexibility index (Phi) is 11.0. The third kappa shape index (κ3) is 8.03. The number of anilines is 3. The van der Waals surface area contributed by atoms with Crippen LogP contribution in [0.25, 0.3) is 111 Å². The molecular formula is C72H50N2O. The average Bonchev–Trinajstić information content (AvgIpc) is 4.06. The van der Waals surface area contributed by atoms with Crippen LogP contribution in [0.4, 0.5) is 17.1 Å². The zero-order valence-electron chi connectivity index (χ0n) is 41.3. The molecule has 0 saturated heterocycles. The molecule has 0 amide bonds. The molecule has 3 heteroatoms. The summed E-state index contributed by atoms with van der Waals surface area (Å²) >= 11 is 0. The van der Waals surface area contributed by atoms with Gasteiger partial charge in [-0.1, -0.05) is 212 Å². The summed E-state index contributed by atoms with van der Waals surface area (Å²) in [6.45, 7) is 0. The standard InChI is InChI=1S/C72H50N2O/c1-2-15-49(16-3-1)50-31-33-53(34-32-50)57-18-13-20-61(48-57)73(59-43-39-52(40-44-59)51-35-37-55(38-36-51)63-25-14-26-67-66-24-7-11-30-71(66)75-72(63)67)60-45-41-54(42-46-60)56-17-12-19-58(47-56)62-21-4-8-27-68(62)74-69-28-9-5-22-64(69)65-23-6-10-29-70(65)74/h1-6,8-23,25-48H,7,24H2. The van der Waals surface area contributed by atoms with Gasteiger partial charge in [0.2, 0.25) is 0 Å². The van der Waals surface area contributed by atoms with Gasteiger partial charge in [0.25, 0.3) is 0 Å². The topological polar surface area (TPSA) is 21.3 Å². The fourth-order valence-corrected chi connectivity index (χ4v) is 11.4. The first kappa shape index (κ1) is 44.0. The smallest absolute Gasteiger partial charge is 0.142 e. The Balaban J connectivity index is 0.803. The van der Waals surface area contributed by atoms with E-state index in [1.807, 2.05) is 0 Å². The number of aryl methyl sites for hydroxylation is 1. The van der Waals surface area contributed by atoms with E-state index in [-0.39, 0.29) is 0 Å². The van der Waals surface area contributed by atoms with Gasteiger partial charge in [0.1, 0.15) is 11.3 Å². The van der Waals surface area contributed by atoms with Gasteiger partial charge in [-0.05, 0) is 135 Å². The number of allylic oxidation sites excluding steroid dienone is 1. The summed E-state index contributed by atoms with van der Waals surface area (Å²) in [5.41, 5.74) is 23.1. The molecule has 2 heterocycles. The minimum atomic E-state index is 0.971. The van der Waals surface area contributed by atoms with Gasteiger partial charge in [0, 0.05) is 49.9 Å². The number of fused-ring (bicyclic) bond motifs is 6. The van der Waals surface area contributed by atoms with Crippen molar-refractivity contribution in [3.05, 3.63) is 284 Å². The molecular weight excluding hydrogens is 909 g/mol. The Hall–Kier alpha value is -9.70. The number of hydrogen-bond acceptors (Lipinski definition) is 2. The number of nitrogens with zero attached hydrogens (tertiary/aromatic N) is 2. The molecule has 14 rings (SSSR count). The molecule has 75 heavy (non-hydrogen) atoms. The number of furan rings is 1. The van der Waals surface area contributed by atoms with Crippen molar-refractivity contribution in [3.8, 4) is 72.4 Å². The molecule has 0 aliphatic heterocycles. The molecule has 1 aliphatic rings. The first-order valence-electron chi connectivity index (χ1n) is 25.9. The maximum Gasteiger partial charge on any atom is 0.142 e. The van der Waals surface area contributed by atoms with Gasteiger partial charge in [-0.2, -0.15) is 0 Å². The lowest BCUT2D eigenvalue weighted by molar-refractivity contribution is 0.596. The second kappa shape index (κ2) is 18.7. The number of benzene rings is 11. The molecule has 3 nitrogen and oxygen atoms in total. The van der Waals surface area contributed by atoms with E-state index in [1.54, 1.807) is 0 Å². The molecule has 13 aromatic rings. The summed E-state index contributed by atoms with van der Waals surface area (Å²) in [6, 6.07) is 97.0. The van der Waals surface area contributed by atoms with E-state index in [2.05, 4.69) is 289 Å². The third-order valence-electron chi connectivity index (χ3n) is 15.1. The maximum atomic E-state index is 6.45. The van der Waals surface area contributed by atoms with Crippen LogP contribution >= 0.6 is 0 Å². The van der Waals surface area contributed by atoms with Gasteiger partial charge in [-0.15, -0.1) is 0 Å². The quantitative estimate of drug-likeness (QED) is 0.136. The molecule has 0 N–H and O–H groups in total. The molecule has 0 spiro atoms. The van der Waals surface area contributed by atoms with Gasteiger partial charge >= 0.3 is 0 Å². The van der Waals surface area contributed by atoms with Crippen molar-refractivity contribution in [2.75, 3.05) is 4.90 Å². The summed E-state index contributed by atoms with van der Waals surface area (Å²) in [4.78, 5) is 2.37. The van der Waals surface area contributed by atoms with Crippen molar-refractivity contribution in [3.63, 3.8) is 0 Å². The zero-order valence-corrected chi connectivity index (χ0v) is 41.3. The van der Waals surface area contributed by atoms with Gasteiger partial charge in [0.15, 0.2) is 0 Å². The molecule has 0 unspecified atom stereocenters. The second-order valence-electron chi connectivity index (χ2n) is 19.5. The highest BCUT2D eigenvalue weighted by Gasteiger charge is 2.20. The largest absolute Gasteiger partial charge is 0.456 e. The number of para-hydroxylation sites is 4. The van der Waals surface area contributed by atoms with Crippen LogP contribution in [0, 0.1) is 0 Å². The monoisotopic (exact) mass is 958 g/mol. The van der Waals surface area contributed by atoms with E-state index in [9.17, 15) is 0 Å². The van der Waals surface area contributed by atoms with E-state index in [0.717, 1.165) is 85.9 Å². The molecule has 354 valence electrons. The predicted molar refractivity (Wildman–Crippen MR) is 315 cm³/mol. The zero-order chi connectivity index (χ0) is 49.7. The van der Waals surface area contributed by atoms with Crippen LogP contribution < -0.4 is 4.90 Å². The average molecular weight is 959 g/mol. The van der Waals surface area contributed by atoms with Crippen molar-refractivity contribution in [2.24, 2.45) is 0 Å². The minimum Gasteiger partial charge on any atom is -0.456 e. The van der Waals surface area contributed by atoms with Crippen LogP contribution in [0.3, 0.4) is 0 Å². The first-order chi connectivity index (χ1) is 37.2. The summed E-state index contributed by atoms with van der Waals surface area (Å²) < 4.78 is 8.87. The van der Waals surface area contributed by atoms with Crippen LogP contribution in [0.15, 0.2) is 277 Å². The van der Waals surface area contributed by atoms with Gasteiger partial charge < -0.3 is 13.9 Å². The summed E-state index contributed by atoms with van der Waals surface area (Å²) in [5, 5.41) is 3.74. The lowest BCUT2D eigenvalue weighted by Crippen LogP contribution is -2.10. The van der Waals surface area contributed by atoms with E-state index in [1.165, 1.54) is 60.6 Å². The van der Waals surface area contributed by atoms with E-state index >= 15 is 0 Å². The van der Waals surface area contributed by atoms with E-state index in [4.69, 9.17) is 4.42 Å². The summed E-state index contributed by atoms with van der Waals surface area (Å²) in [7, 11) is 0. The number of hydrogen-bond donors (Lipinski definition) is 0. The van der Waals surface area contributed by atoms with E-state index < -0.39 is 0 Å². The Morgan fingerprint density at radius 3 is 1.47 bits per heavy atom. The van der Waals surface area contributed by atoms with Crippen molar-refractivity contribution in [1.29, 1.82) is 0 Å². The maximum absolute atomic E-state index is 6.45. The van der Waals surface area contributed by atoms with Crippen LogP contribution in [0.1, 0.15) is 17.7 Å². The summed E-state index contributed by atoms with van der Waals surface area (Å²) in [6.07, 6.45) is 6.41. The molecule has 0 fully saturated rings. The second-order valence-corrected chi connectivity index (χ2v) is 19.5. The fourth-order valence-electron chi connectivity index (χ4n) is 11.4. The lowest BCUT2D eigenvalue weighted by atomic mass is 9.96. The van der Waals surface area contributed by atoms with Crippen LogP contribution in [-0.2, 0) is 6.42 Å². The van der Waals surface area contributed by atoms with Crippen molar-refractivity contribution >= 4 is 55.9 Å². The van der Waals surface area contributed by atoms with Crippen molar-refractivity contribution in [1.82, 2.24) is 4.57 Å². The van der Waals surface area contributed by atoms with Crippen LogP contribution in [0.2, 0.25) is 0 Å². The van der Waals surface area contributed by atoms with Gasteiger partial charge in [0.05, 0.1) is 16.7 Å². The molecule has 0 radical (unpaired) electrons. The Bertz CT molecular complexity index is 4200. The Morgan fingerprint density at radius 1 is 0.333 bits per heavy atom. The molecule has 0 saturated carbocycles. The normalized spacial score (nSPS) is 12.1. The fraction of sp³-hybridized carbons (Fsp3) is 0.0278. The minimum absolute atomic E-state index is 0.971. The third-order valence-corrected chi connectivity index (χ3v) is 15.1. The molecule has 0 atom stereocenters. The lowest BCUT2D eigenvalue weighted by Gasteiger charge is -2.26. The number of rotatable bonds is 10. The summed E-state index contributed by atoms with van der Waals surface area (Å²) in [5.74, 6) is 0.994. The predicted octanol–water partition coefficient (Wildman–Crippen LogP) is 20.0. The van der Waals surface area contributed by atoms with Crippen molar-refractivity contribution in [2.45, 2.75) is 12.8 Å². The van der Waals surface area contributed by atoms with Gasteiger partial charge in [-0.3, -0.25) is 0 Å². The molecule has 11 aromatic carbocycles. The Labute approximate surface area is 437 Å². The highest BCUT2D eigenvalue weighted by atomic mass is 16.3. The molecule has 1 aliphatic carbocycles. The highest BCUT2D eigenvalue weighted by Crippen LogP contribution is 2.42. The van der Waals surface area contributed by atoms with Crippen molar-refractivity contribution < 1.29 is 4.42 Å². The molecule has 2 aromatic heterocycles. The number of aromatic nitrogens is 1. The van der Waals surface area contributed by atoms with Crippen LogP contribution in [0.5, 0.6) is 0 Å². The van der Waals surface area contributed by atoms with Gasteiger partial charge in [-0.25, -0.2) is 0 Å². The molecule has 0 bridgehead atoms. The highest BCUT2D eigenvalue weighted by molar-refractivity contribution is 6.10. The SMILES string of the molecule is C1=Cc2oc3c(-c4ccc(-c5ccc(N(c6ccc(-c7cccc(-c8ccccc8-n8c9ccccc9c9ccccc98)c7)cc6)c6cccc(-c7ccc(-c8ccccc8)cc7)c6)cc5)cc4)cccc3c2CC1. The first-order valence-corrected chi connectivity index (χ1v) is 25.9.